The van der Waals surface area contributed by atoms with E-state index in [1.165, 1.54) is 122 Å². The summed E-state index contributed by atoms with van der Waals surface area (Å²) in [5, 5.41) is 72.4. The lowest BCUT2D eigenvalue weighted by Crippen LogP contribution is -2.61. The summed E-state index contributed by atoms with van der Waals surface area (Å²) in [6.45, 7) is 3.48. The number of esters is 1. The highest BCUT2D eigenvalue weighted by atomic mass is 16.7. The zero-order valence-corrected chi connectivity index (χ0v) is 47.9. The van der Waals surface area contributed by atoms with Crippen LogP contribution in [-0.2, 0) is 33.2 Å². The molecule has 2 fully saturated rings. The summed E-state index contributed by atoms with van der Waals surface area (Å²) >= 11 is 0. The van der Waals surface area contributed by atoms with Crippen LogP contribution in [0.1, 0.15) is 219 Å². The number of carbonyl (C=O) groups is 1. The summed E-state index contributed by atoms with van der Waals surface area (Å²) in [7, 11) is 0. The van der Waals surface area contributed by atoms with E-state index in [1.807, 2.05) is 0 Å². The molecule has 2 aliphatic heterocycles. The van der Waals surface area contributed by atoms with E-state index in [0.29, 0.717) is 13.0 Å². The van der Waals surface area contributed by atoms with Crippen LogP contribution < -0.4 is 0 Å². The molecule has 0 aromatic rings. The minimum absolute atomic E-state index is 0.0299. The van der Waals surface area contributed by atoms with Crippen molar-refractivity contribution >= 4 is 5.97 Å². The molecule has 11 atom stereocenters. The molecule has 446 valence electrons. The number of aliphatic hydroxyl groups is 7. The second-order valence-corrected chi connectivity index (χ2v) is 21.1. The Morgan fingerprint density at radius 3 is 1.34 bits per heavy atom. The van der Waals surface area contributed by atoms with Crippen molar-refractivity contribution in [3.05, 3.63) is 72.9 Å². The second-order valence-electron chi connectivity index (χ2n) is 21.1. The van der Waals surface area contributed by atoms with Crippen molar-refractivity contribution in [1.82, 2.24) is 0 Å². The van der Waals surface area contributed by atoms with Crippen molar-refractivity contribution < 1.29 is 69.0 Å². The van der Waals surface area contributed by atoms with Gasteiger partial charge in [0.05, 0.1) is 26.4 Å². The van der Waals surface area contributed by atoms with Crippen molar-refractivity contribution in [3.63, 3.8) is 0 Å². The topological polar surface area (TPSA) is 214 Å². The molecule has 2 rings (SSSR count). The summed E-state index contributed by atoms with van der Waals surface area (Å²) in [5.41, 5.74) is 0. The number of rotatable bonds is 49. The number of allylic oxidation sites excluding steroid dienone is 12. The molecule has 0 aromatic heterocycles. The Morgan fingerprint density at radius 1 is 0.442 bits per heavy atom. The van der Waals surface area contributed by atoms with Crippen molar-refractivity contribution in [2.24, 2.45) is 0 Å². The Balaban J connectivity index is 1.70. The maximum absolute atomic E-state index is 13.1. The highest BCUT2D eigenvalue weighted by molar-refractivity contribution is 5.69. The molecule has 0 aromatic carbocycles. The van der Waals surface area contributed by atoms with E-state index >= 15 is 0 Å². The number of carbonyl (C=O) groups excluding carboxylic acids is 1. The van der Waals surface area contributed by atoms with Gasteiger partial charge in [0.2, 0.25) is 0 Å². The van der Waals surface area contributed by atoms with Gasteiger partial charge < -0.3 is 64.2 Å². The molecule has 2 aliphatic rings. The van der Waals surface area contributed by atoms with Crippen LogP contribution in [-0.4, -0.2) is 142 Å². The third kappa shape index (κ3) is 35.7. The molecule has 2 saturated heterocycles. The van der Waals surface area contributed by atoms with Gasteiger partial charge in [-0.05, 0) is 83.5 Å². The molecule has 14 nitrogen and oxygen atoms in total. The average Bonchev–Trinajstić information content (AvgIpc) is 3.43. The fourth-order valence-electron chi connectivity index (χ4n) is 9.31. The van der Waals surface area contributed by atoms with Gasteiger partial charge in [0.15, 0.2) is 12.6 Å². The smallest absolute Gasteiger partial charge is 0.306 e. The summed E-state index contributed by atoms with van der Waals surface area (Å²) < 4.78 is 34.4. The van der Waals surface area contributed by atoms with E-state index in [2.05, 4.69) is 86.8 Å². The molecule has 0 bridgehead atoms. The third-order valence-corrected chi connectivity index (χ3v) is 14.2. The van der Waals surface area contributed by atoms with Crippen molar-refractivity contribution in [2.45, 2.75) is 287 Å². The minimum atomic E-state index is -1.72. The molecular formula is C63H110O14. The van der Waals surface area contributed by atoms with E-state index in [-0.39, 0.29) is 19.6 Å². The first-order chi connectivity index (χ1) is 37.6. The number of ether oxygens (including phenoxy) is 6. The lowest BCUT2D eigenvalue weighted by Gasteiger charge is -2.42. The highest BCUT2D eigenvalue weighted by Gasteiger charge is 2.47. The zero-order chi connectivity index (χ0) is 55.8. The molecule has 2 heterocycles. The SMILES string of the molecule is CC/C=C\C/C=C\C/C=C\C/C=C\C/C=C\CCCCOCC(COC1OC(COC2OC(CO)C(O)C(O)C2O)C(O)C(O)C1O)OC(=O)CCCCCCCCCCCCCCC/C=C\CCCCCCCCCC. The van der Waals surface area contributed by atoms with Gasteiger partial charge in [-0.1, -0.05) is 202 Å². The van der Waals surface area contributed by atoms with Crippen molar-refractivity contribution in [1.29, 1.82) is 0 Å². The van der Waals surface area contributed by atoms with Gasteiger partial charge in [0.1, 0.15) is 54.9 Å². The number of unbranched alkanes of at least 4 members (excludes halogenated alkanes) is 23. The maximum atomic E-state index is 13.1. The van der Waals surface area contributed by atoms with Gasteiger partial charge in [0.25, 0.3) is 0 Å². The second kappa shape index (κ2) is 49.3. The zero-order valence-electron chi connectivity index (χ0n) is 47.9. The highest BCUT2D eigenvalue weighted by Crippen LogP contribution is 2.27. The van der Waals surface area contributed by atoms with E-state index in [1.54, 1.807) is 0 Å². The van der Waals surface area contributed by atoms with Gasteiger partial charge in [-0.15, -0.1) is 0 Å². The monoisotopic (exact) mass is 1090 g/mol. The predicted molar refractivity (Wildman–Crippen MR) is 307 cm³/mol. The van der Waals surface area contributed by atoms with Crippen molar-refractivity contribution in [2.75, 3.05) is 33.0 Å². The maximum Gasteiger partial charge on any atom is 0.306 e. The number of hydrogen-bond donors (Lipinski definition) is 7. The summed E-state index contributed by atoms with van der Waals surface area (Å²) in [6, 6.07) is 0. The van der Waals surface area contributed by atoms with Crippen LogP contribution in [0, 0.1) is 0 Å². The predicted octanol–water partition coefficient (Wildman–Crippen LogP) is 11.4. The van der Waals surface area contributed by atoms with E-state index in [0.717, 1.165) is 70.6 Å². The van der Waals surface area contributed by atoms with Crippen LogP contribution >= 0.6 is 0 Å². The molecule has 77 heavy (non-hydrogen) atoms. The van der Waals surface area contributed by atoms with E-state index in [9.17, 15) is 40.5 Å². The van der Waals surface area contributed by atoms with E-state index in [4.69, 9.17) is 28.4 Å². The Morgan fingerprint density at radius 2 is 0.844 bits per heavy atom. The van der Waals surface area contributed by atoms with E-state index < -0.39 is 86.7 Å². The molecular weight excluding hydrogens is 981 g/mol. The lowest BCUT2D eigenvalue weighted by atomic mass is 9.98. The fourth-order valence-corrected chi connectivity index (χ4v) is 9.31. The van der Waals surface area contributed by atoms with Crippen LogP contribution in [0.15, 0.2) is 72.9 Å². The average molecular weight is 1090 g/mol. The van der Waals surface area contributed by atoms with Crippen LogP contribution in [0.25, 0.3) is 0 Å². The third-order valence-electron chi connectivity index (χ3n) is 14.2. The first-order valence-corrected chi connectivity index (χ1v) is 30.5. The molecule has 0 saturated carbocycles. The first-order valence-electron chi connectivity index (χ1n) is 30.5. The normalized spacial score (nSPS) is 24.8. The molecule has 0 amide bonds. The summed E-state index contributed by atoms with van der Waals surface area (Å²) in [5.74, 6) is -0.391. The van der Waals surface area contributed by atoms with Crippen LogP contribution in [0.4, 0.5) is 0 Å². The van der Waals surface area contributed by atoms with Gasteiger partial charge in [0, 0.05) is 13.0 Å². The Bertz CT molecular complexity index is 1550. The largest absolute Gasteiger partial charge is 0.457 e. The summed E-state index contributed by atoms with van der Waals surface area (Å²) in [6.07, 6.45) is 46.9. The Kier molecular flexibility index (Phi) is 45.1. The lowest BCUT2D eigenvalue weighted by molar-refractivity contribution is -0.332. The van der Waals surface area contributed by atoms with Gasteiger partial charge >= 0.3 is 5.97 Å². The van der Waals surface area contributed by atoms with Gasteiger partial charge in [-0.25, -0.2) is 0 Å². The molecule has 0 radical (unpaired) electrons. The van der Waals surface area contributed by atoms with Crippen molar-refractivity contribution in [3.8, 4) is 0 Å². The van der Waals surface area contributed by atoms with Crippen LogP contribution in [0.3, 0.4) is 0 Å². The molecule has 11 unspecified atom stereocenters. The molecule has 14 heteroatoms. The van der Waals surface area contributed by atoms with Crippen LogP contribution in [0.5, 0.6) is 0 Å². The quantitative estimate of drug-likeness (QED) is 0.0172. The first kappa shape index (κ1) is 70.5. The fraction of sp³-hybridized carbons (Fsp3) is 0.794. The van der Waals surface area contributed by atoms with Crippen LogP contribution in [0.2, 0.25) is 0 Å². The molecule has 7 N–H and O–H groups in total. The standard InChI is InChI=1S/C63H110O14/c1-3-5-7-9-11-13-15-17-19-21-23-24-25-26-27-28-29-30-32-34-36-38-40-42-44-46-55(65)75-52(49-72-47-45-43-41-39-37-35-33-31-22-20-18-16-14-12-10-8-6-4-2)50-73-62-61(71)59(69)57(67)54(77-62)51-74-63-60(70)58(68)56(66)53(48-64)76-63/h6,8,12,14,18,20-21,23,31,33,37,39,52-54,56-64,66-71H,3-5,7,9-11,13,15-17,19,22,24-30,32,34-36,38,40-51H2,1-2H3/b8-6-,14-12-,20-18-,23-21-,33-31-,39-37-. The molecule has 0 spiro atoms. The summed E-state index contributed by atoms with van der Waals surface area (Å²) in [4.78, 5) is 13.1. The Hall–Kier alpha value is -2.57. The minimum Gasteiger partial charge on any atom is -0.457 e. The molecule has 0 aliphatic carbocycles. The Labute approximate surface area is 466 Å². The number of hydrogen-bond acceptors (Lipinski definition) is 14. The van der Waals surface area contributed by atoms with Gasteiger partial charge in [-0.2, -0.15) is 0 Å². The number of aliphatic hydroxyl groups excluding tert-OH is 7. The van der Waals surface area contributed by atoms with Gasteiger partial charge in [-0.3, -0.25) is 4.79 Å².